The zero-order valence-corrected chi connectivity index (χ0v) is 14.8. The van der Waals surface area contributed by atoms with E-state index in [0.29, 0.717) is 34.5 Å². The highest BCUT2D eigenvalue weighted by Gasteiger charge is 2.08. The van der Waals surface area contributed by atoms with Gasteiger partial charge in [-0.1, -0.05) is 5.16 Å². The molecule has 10 nitrogen and oxygen atoms in total. The molecule has 3 heterocycles. The predicted octanol–water partition coefficient (Wildman–Crippen LogP) is 2.19. The van der Waals surface area contributed by atoms with Gasteiger partial charge < -0.3 is 14.6 Å². The molecule has 1 aromatic carbocycles. The van der Waals surface area contributed by atoms with Crippen molar-refractivity contribution in [3.8, 4) is 11.6 Å². The molecular weight excluding hydrogens is 362 g/mol. The summed E-state index contributed by atoms with van der Waals surface area (Å²) in [7, 11) is 0. The number of rotatable bonds is 6. The van der Waals surface area contributed by atoms with Crippen molar-refractivity contribution in [2.75, 3.05) is 5.32 Å². The summed E-state index contributed by atoms with van der Waals surface area (Å²) in [6.07, 6.45) is 4.53. The molecule has 0 fully saturated rings. The zero-order valence-electron chi connectivity index (χ0n) is 14.8. The van der Waals surface area contributed by atoms with Crippen LogP contribution in [0.15, 0.2) is 59.8 Å². The smallest absolute Gasteiger partial charge is 0.255 e. The molecule has 4 aromatic rings. The summed E-state index contributed by atoms with van der Waals surface area (Å²) < 4.78 is 12.0. The Bertz CT molecular complexity index is 1060. The first-order valence-electron chi connectivity index (χ1n) is 8.32. The van der Waals surface area contributed by atoms with Crippen LogP contribution in [0.1, 0.15) is 22.1 Å². The zero-order chi connectivity index (χ0) is 19.3. The molecule has 1 amide bonds. The maximum atomic E-state index is 12.4. The van der Waals surface area contributed by atoms with Gasteiger partial charge in [0.2, 0.25) is 11.7 Å². The van der Waals surface area contributed by atoms with Crippen LogP contribution in [0.4, 0.5) is 5.69 Å². The lowest BCUT2D eigenvalue weighted by atomic mass is 10.2. The second-order valence-corrected chi connectivity index (χ2v) is 5.74. The summed E-state index contributed by atoms with van der Waals surface area (Å²) in [6, 6.07) is 10.2. The van der Waals surface area contributed by atoms with Crippen molar-refractivity contribution < 1.29 is 14.1 Å². The van der Waals surface area contributed by atoms with Crippen molar-refractivity contribution in [2.24, 2.45) is 0 Å². The minimum absolute atomic E-state index is 0.187. The molecule has 4 rings (SSSR count). The molecule has 0 aliphatic rings. The van der Waals surface area contributed by atoms with Crippen LogP contribution in [0, 0.1) is 6.92 Å². The van der Waals surface area contributed by atoms with Crippen molar-refractivity contribution in [3.05, 3.63) is 72.5 Å². The number of ether oxygens (including phenoxy) is 1. The first kappa shape index (κ1) is 17.3. The summed E-state index contributed by atoms with van der Waals surface area (Å²) in [4.78, 5) is 24.6. The molecule has 0 aliphatic heterocycles. The number of nitrogens with zero attached hydrogens (tertiary/aromatic N) is 6. The van der Waals surface area contributed by atoms with E-state index in [1.54, 1.807) is 55.8 Å². The largest absolute Gasteiger partial charge is 0.485 e. The molecule has 140 valence electrons. The third-order valence-electron chi connectivity index (χ3n) is 3.71. The Kier molecular flexibility index (Phi) is 4.74. The van der Waals surface area contributed by atoms with Crippen LogP contribution in [-0.4, -0.2) is 35.8 Å². The van der Waals surface area contributed by atoms with Crippen molar-refractivity contribution in [2.45, 2.75) is 13.5 Å². The molecule has 0 atom stereocenters. The minimum atomic E-state index is -0.254. The molecule has 0 unspecified atom stereocenters. The third-order valence-corrected chi connectivity index (χ3v) is 3.71. The van der Waals surface area contributed by atoms with Crippen LogP contribution >= 0.6 is 0 Å². The molecule has 0 aliphatic carbocycles. The average molecular weight is 377 g/mol. The molecule has 28 heavy (non-hydrogen) atoms. The van der Waals surface area contributed by atoms with Crippen LogP contribution in [0.25, 0.3) is 5.82 Å². The highest BCUT2D eigenvalue weighted by Crippen LogP contribution is 2.15. The number of anilines is 1. The number of pyridine rings is 1. The number of aryl methyl sites for hydroxylation is 1. The number of hydrogen-bond acceptors (Lipinski definition) is 8. The quantitative estimate of drug-likeness (QED) is 0.543. The Hall–Kier alpha value is -4.08. The Morgan fingerprint density at radius 1 is 1.21 bits per heavy atom. The normalized spacial score (nSPS) is 10.6. The number of carbonyl (C=O) groups is 1. The number of carbonyl (C=O) groups excluding carboxylic acids is 1. The fourth-order valence-corrected chi connectivity index (χ4v) is 2.38. The van der Waals surface area contributed by atoms with E-state index >= 15 is 0 Å². The number of amides is 1. The van der Waals surface area contributed by atoms with E-state index in [4.69, 9.17) is 9.26 Å². The number of nitrogens with one attached hydrogen (secondary N) is 1. The van der Waals surface area contributed by atoms with Crippen molar-refractivity contribution in [1.29, 1.82) is 0 Å². The first-order chi connectivity index (χ1) is 13.7. The van der Waals surface area contributed by atoms with Crippen molar-refractivity contribution in [1.82, 2.24) is 29.9 Å². The van der Waals surface area contributed by atoms with Crippen molar-refractivity contribution in [3.63, 3.8) is 0 Å². The lowest BCUT2D eigenvalue weighted by molar-refractivity contribution is 0.102. The first-order valence-corrected chi connectivity index (χ1v) is 8.32. The van der Waals surface area contributed by atoms with Gasteiger partial charge in [-0.3, -0.25) is 4.79 Å². The molecule has 0 saturated carbocycles. The SMILES string of the molecule is Cc1nc(COc2ccc(C(=O)Nc3ccc(-n4cncn4)nc3)cc2)no1. The second kappa shape index (κ2) is 7.66. The molecule has 3 aromatic heterocycles. The van der Waals surface area contributed by atoms with E-state index in [1.165, 1.54) is 11.0 Å². The monoisotopic (exact) mass is 377 g/mol. The maximum absolute atomic E-state index is 12.4. The van der Waals surface area contributed by atoms with Gasteiger partial charge in [0.05, 0.1) is 11.9 Å². The summed E-state index contributed by atoms with van der Waals surface area (Å²) in [5.41, 5.74) is 1.06. The van der Waals surface area contributed by atoms with Gasteiger partial charge in [-0.05, 0) is 36.4 Å². The summed E-state index contributed by atoms with van der Waals surface area (Å²) in [6.45, 7) is 1.90. The Labute approximate surface area is 159 Å². The number of hydrogen-bond donors (Lipinski definition) is 1. The molecule has 0 radical (unpaired) electrons. The summed E-state index contributed by atoms with van der Waals surface area (Å²) >= 11 is 0. The third kappa shape index (κ3) is 4.01. The molecule has 0 bridgehead atoms. The molecule has 0 saturated heterocycles. The number of aromatic nitrogens is 6. The van der Waals surface area contributed by atoms with Crippen LogP contribution in [0.3, 0.4) is 0 Å². The second-order valence-electron chi connectivity index (χ2n) is 5.74. The fraction of sp³-hybridized carbons (Fsp3) is 0.111. The predicted molar refractivity (Wildman–Crippen MR) is 96.9 cm³/mol. The lowest BCUT2D eigenvalue weighted by Crippen LogP contribution is -2.12. The fourth-order valence-electron chi connectivity index (χ4n) is 2.38. The molecule has 0 spiro atoms. The topological polar surface area (TPSA) is 121 Å². The van der Waals surface area contributed by atoms with Gasteiger partial charge in [-0.25, -0.2) is 14.6 Å². The van der Waals surface area contributed by atoms with E-state index in [1.807, 2.05) is 0 Å². The van der Waals surface area contributed by atoms with Crippen LogP contribution in [-0.2, 0) is 6.61 Å². The van der Waals surface area contributed by atoms with Gasteiger partial charge in [0, 0.05) is 12.5 Å². The highest BCUT2D eigenvalue weighted by atomic mass is 16.5. The molecule has 1 N–H and O–H groups in total. The van der Waals surface area contributed by atoms with Crippen LogP contribution in [0.5, 0.6) is 5.75 Å². The maximum Gasteiger partial charge on any atom is 0.255 e. The Balaban J connectivity index is 1.35. The highest BCUT2D eigenvalue weighted by molar-refractivity contribution is 6.04. The molecule has 10 heteroatoms. The summed E-state index contributed by atoms with van der Waals surface area (Å²) in [5, 5.41) is 10.5. The van der Waals surface area contributed by atoms with Gasteiger partial charge in [-0.15, -0.1) is 0 Å². The molecular formula is C18H15N7O3. The van der Waals surface area contributed by atoms with Gasteiger partial charge >= 0.3 is 0 Å². The van der Waals surface area contributed by atoms with E-state index < -0.39 is 0 Å². The van der Waals surface area contributed by atoms with Crippen LogP contribution < -0.4 is 10.1 Å². The van der Waals surface area contributed by atoms with Gasteiger partial charge in [0.25, 0.3) is 5.91 Å². The minimum Gasteiger partial charge on any atom is -0.485 e. The summed E-state index contributed by atoms with van der Waals surface area (Å²) in [5.74, 6) is 1.89. The van der Waals surface area contributed by atoms with E-state index in [-0.39, 0.29) is 12.5 Å². The van der Waals surface area contributed by atoms with Crippen molar-refractivity contribution >= 4 is 11.6 Å². The Morgan fingerprint density at radius 2 is 2.07 bits per heavy atom. The van der Waals surface area contributed by atoms with Gasteiger partial charge in [-0.2, -0.15) is 10.1 Å². The van der Waals surface area contributed by atoms with Gasteiger partial charge in [0.1, 0.15) is 18.4 Å². The van der Waals surface area contributed by atoms with E-state index in [0.717, 1.165) is 0 Å². The average Bonchev–Trinajstić information content (AvgIpc) is 3.39. The standard InChI is InChI=1S/C18H15N7O3/c1-12-22-16(24-28-12)9-27-15-5-2-13(3-6-15)18(26)23-14-4-7-17(20-8-14)25-11-19-10-21-25/h2-8,10-11H,9H2,1H3,(H,23,26). The van der Waals surface area contributed by atoms with Gasteiger partial charge in [0.15, 0.2) is 12.4 Å². The van der Waals surface area contributed by atoms with E-state index in [9.17, 15) is 4.79 Å². The lowest BCUT2D eigenvalue weighted by Gasteiger charge is -2.07. The van der Waals surface area contributed by atoms with Crippen LogP contribution in [0.2, 0.25) is 0 Å². The van der Waals surface area contributed by atoms with E-state index in [2.05, 4.69) is 30.5 Å². The number of benzene rings is 1. The Morgan fingerprint density at radius 3 is 2.71 bits per heavy atom.